The van der Waals surface area contributed by atoms with Crippen LogP contribution >= 0.6 is 11.6 Å². The summed E-state index contributed by atoms with van der Waals surface area (Å²) in [6.45, 7) is 3.46. The molecule has 0 saturated heterocycles. The minimum Gasteiger partial charge on any atom is -0.477 e. The molecule has 0 saturated carbocycles. The van der Waals surface area contributed by atoms with E-state index in [1.54, 1.807) is 42.7 Å². The summed E-state index contributed by atoms with van der Waals surface area (Å²) in [6.07, 6.45) is 0. The highest BCUT2D eigenvalue weighted by molar-refractivity contribution is 6.30. The third kappa shape index (κ3) is 2.03. The fourth-order valence-electron chi connectivity index (χ4n) is 1.83. The lowest BCUT2D eigenvalue weighted by Gasteiger charge is -2.08. The molecule has 1 aromatic heterocycles. The average molecular weight is 251 g/mol. The first kappa shape index (κ1) is 11.7. The lowest BCUT2D eigenvalue weighted by atomic mass is 10.3. The maximum absolute atomic E-state index is 11.2. The minimum atomic E-state index is -0.988. The summed E-state index contributed by atoms with van der Waals surface area (Å²) in [7, 11) is 0. The highest BCUT2D eigenvalue weighted by Gasteiger charge is 2.18. The highest BCUT2D eigenvalue weighted by Crippen LogP contribution is 2.19. The van der Waals surface area contributed by atoms with Crippen molar-refractivity contribution in [1.29, 1.82) is 0 Å². The normalized spacial score (nSPS) is 10.5. The van der Waals surface area contributed by atoms with Crippen molar-refractivity contribution < 1.29 is 9.90 Å². The Morgan fingerprint density at radius 3 is 2.41 bits per heavy atom. The second kappa shape index (κ2) is 4.22. The van der Waals surface area contributed by atoms with Crippen LogP contribution < -0.4 is 0 Å². The van der Waals surface area contributed by atoms with Gasteiger partial charge in [0.25, 0.3) is 0 Å². The lowest BCUT2D eigenvalue weighted by Crippen LogP contribution is -2.09. The van der Waals surface area contributed by atoms with Gasteiger partial charge in [-0.3, -0.25) is 4.57 Å². The van der Waals surface area contributed by atoms with Gasteiger partial charge in [0.1, 0.15) is 5.82 Å². The first-order valence-electron chi connectivity index (χ1n) is 5.06. The van der Waals surface area contributed by atoms with Crippen LogP contribution in [0.15, 0.2) is 24.3 Å². The van der Waals surface area contributed by atoms with Gasteiger partial charge in [-0.2, -0.15) is 0 Å². The Balaban J connectivity index is 2.66. The molecule has 0 aliphatic heterocycles. The van der Waals surface area contributed by atoms with Gasteiger partial charge in [-0.1, -0.05) is 11.6 Å². The van der Waals surface area contributed by atoms with Crippen LogP contribution in [-0.4, -0.2) is 20.6 Å². The number of carbonyl (C=O) groups is 1. The Hall–Kier alpha value is -1.81. The number of aromatic nitrogens is 2. The first-order valence-corrected chi connectivity index (χ1v) is 5.43. The van der Waals surface area contributed by atoms with Gasteiger partial charge >= 0.3 is 5.97 Å². The fraction of sp³-hybridized carbons (Fsp3) is 0.167. The van der Waals surface area contributed by atoms with Crippen molar-refractivity contribution in [3.05, 3.63) is 46.5 Å². The lowest BCUT2D eigenvalue weighted by molar-refractivity contribution is 0.0687. The number of hydrogen-bond acceptors (Lipinski definition) is 2. The van der Waals surface area contributed by atoms with E-state index in [2.05, 4.69) is 4.98 Å². The van der Waals surface area contributed by atoms with Crippen molar-refractivity contribution in [2.75, 3.05) is 0 Å². The second-order valence-corrected chi connectivity index (χ2v) is 4.15. The summed E-state index contributed by atoms with van der Waals surface area (Å²) >= 11 is 5.81. The first-order chi connectivity index (χ1) is 8.00. The molecule has 2 aromatic rings. The van der Waals surface area contributed by atoms with Gasteiger partial charge in [-0.05, 0) is 38.1 Å². The van der Waals surface area contributed by atoms with E-state index in [9.17, 15) is 9.90 Å². The van der Waals surface area contributed by atoms with Gasteiger partial charge in [0.15, 0.2) is 5.69 Å². The molecule has 2 rings (SSSR count). The van der Waals surface area contributed by atoms with Crippen molar-refractivity contribution >= 4 is 17.6 Å². The Labute approximate surface area is 103 Å². The Kier molecular flexibility index (Phi) is 2.90. The van der Waals surface area contributed by atoms with Crippen molar-refractivity contribution in [2.45, 2.75) is 13.8 Å². The molecular formula is C12H11ClN2O2. The quantitative estimate of drug-likeness (QED) is 0.892. The van der Waals surface area contributed by atoms with Gasteiger partial charge in [0.2, 0.25) is 0 Å². The molecule has 0 unspecified atom stereocenters. The summed E-state index contributed by atoms with van der Waals surface area (Å²) in [5, 5.41) is 9.80. The average Bonchev–Trinajstić information content (AvgIpc) is 2.55. The van der Waals surface area contributed by atoms with Crippen molar-refractivity contribution in [1.82, 2.24) is 9.55 Å². The summed E-state index contributed by atoms with van der Waals surface area (Å²) in [5.41, 5.74) is 1.43. The number of rotatable bonds is 2. The van der Waals surface area contributed by atoms with Crippen LogP contribution in [0, 0.1) is 13.8 Å². The van der Waals surface area contributed by atoms with E-state index in [0.717, 1.165) is 5.69 Å². The Morgan fingerprint density at radius 2 is 1.88 bits per heavy atom. The number of carboxylic acid groups (broad SMARTS) is 1. The Bertz CT molecular complexity index is 573. The van der Waals surface area contributed by atoms with E-state index in [1.807, 2.05) is 0 Å². The number of imidazole rings is 1. The molecule has 1 heterocycles. The molecule has 0 fully saturated rings. The van der Waals surface area contributed by atoms with Gasteiger partial charge in [-0.15, -0.1) is 0 Å². The van der Waals surface area contributed by atoms with Crippen LogP contribution in [0.25, 0.3) is 5.69 Å². The number of carboxylic acids is 1. The van der Waals surface area contributed by atoms with Crippen molar-refractivity contribution in [3.63, 3.8) is 0 Å². The van der Waals surface area contributed by atoms with Gasteiger partial charge in [0, 0.05) is 10.7 Å². The Morgan fingerprint density at radius 1 is 1.29 bits per heavy atom. The van der Waals surface area contributed by atoms with Crippen molar-refractivity contribution in [3.8, 4) is 5.69 Å². The largest absolute Gasteiger partial charge is 0.477 e. The highest BCUT2D eigenvalue weighted by atomic mass is 35.5. The third-order valence-electron chi connectivity index (χ3n) is 2.51. The number of hydrogen-bond donors (Lipinski definition) is 1. The maximum atomic E-state index is 11.2. The molecule has 0 spiro atoms. The fourth-order valence-corrected chi connectivity index (χ4v) is 1.95. The smallest absolute Gasteiger partial charge is 0.354 e. The van der Waals surface area contributed by atoms with Crippen LogP contribution in [0.2, 0.25) is 5.02 Å². The van der Waals surface area contributed by atoms with E-state index in [1.165, 1.54) is 0 Å². The third-order valence-corrected chi connectivity index (χ3v) is 2.76. The van der Waals surface area contributed by atoms with Crippen molar-refractivity contribution in [2.24, 2.45) is 0 Å². The number of aromatic carboxylic acids is 1. The summed E-state index contributed by atoms with van der Waals surface area (Å²) in [5.74, 6) is -0.347. The molecule has 5 heteroatoms. The van der Waals surface area contributed by atoms with Gasteiger partial charge in [-0.25, -0.2) is 9.78 Å². The van der Waals surface area contributed by atoms with E-state index in [4.69, 9.17) is 11.6 Å². The molecule has 17 heavy (non-hydrogen) atoms. The number of aryl methyl sites for hydroxylation is 2. The summed E-state index contributed by atoms with van der Waals surface area (Å²) in [4.78, 5) is 15.4. The molecule has 0 bridgehead atoms. The zero-order valence-corrected chi connectivity index (χ0v) is 10.2. The predicted molar refractivity (Wildman–Crippen MR) is 65.0 cm³/mol. The number of benzene rings is 1. The predicted octanol–water partition coefficient (Wildman–Crippen LogP) is 2.84. The molecule has 88 valence electrons. The molecule has 0 radical (unpaired) electrons. The molecule has 4 nitrogen and oxygen atoms in total. The monoisotopic (exact) mass is 250 g/mol. The summed E-state index contributed by atoms with van der Waals surface area (Å²) < 4.78 is 1.61. The molecular weight excluding hydrogens is 240 g/mol. The molecule has 0 aliphatic carbocycles. The van der Waals surface area contributed by atoms with E-state index < -0.39 is 5.97 Å². The van der Waals surface area contributed by atoms with Crippen LogP contribution in [0.3, 0.4) is 0 Å². The van der Waals surface area contributed by atoms with Crippen LogP contribution in [0.1, 0.15) is 22.0 Å². The number of nitrogens with zero attached hydrogens (tertiary/aromatic N) is 2. The minimum absolute atomic E-state index is 0.185. The van der Waals surface area contributed by atoms with E-state index >= 15 is 0 Å². The zero-order chi connectivity index (χ0) is 12.6. The number of halogens is 1. The van der Waals surface area contributed by atoms with Gasteiger partial charge in [0.05, 0.1) is 5.69 Å². The SMILES string of the molecule is Cc1nc(C)n(-c2ccc(Cl)cc2)c1C(=O)O. The maximum Gasteiger partial charge on any atom is 0.354 e. The molecule has 0 atom stereocenters. The van der Waals surface area contributed by atoms with Crippen LogP contribution in [-0.2, 0) is 0 Å². The zero-order valence-electron chi connectivity index (χ0n) is 9.44. The summed E-state index contributed by atoms with van der Waals surface area (Å²) in [6, 6.07) is 6.97. The standard InChI is InChI=1S/C12H11ClN2O2/c1-7-11(12(16)17)15(8(2)14-7)10-5-3-9(13)4-6-10/h3-6H,1-2H3,(H,16,17). The molecule has 0 amide bonds. The topological polar surface area (TPSA) is 55.1 Å². The van der Waals surface area contributed by atoms with Crippen LogP contribution in [0.4, 0.5) is 0 Å². The van der Waals surface area contributed by atoms with E-state index in [0.29, 0.717) is 16.5 Å². The van der Waals surface area contributed by atoms with E-state index in [-0.39, 0.29) is 5.69 Å². The molecule has 0 aliphatic rings. The molecule has 1 aromatic carbocycles. The van der Waals surface area contributed by atoms with Gasteiger partial charge < -0.3 is 5.11 Å². The van der Waals surface area contributed by atoms with Crippen LogP contribution in [0.5, 0.6) is 0 Å². The molecule has 1 N–H and O–H groups in total. The second-order valence-electron chi connectivity index (χ2n) is 3.71.